The lowest BCUT2D eigenvalue weighted by Gasteiger charge is -2.22. The van der Waals surface area contributed by atoms with Gasteiger partial charge >= 0.3 is 5.97 Å². The van der Waals surface area contributed by atoms with E-state index in [-0.39, 0.29) is 6.29 Å². The highest BCUT2D eigenvalue weighted by Crippen LogP contribution is 2.40. The first kappa shape index (κ1) is 28.2. The molecule has 0 saturated carbocycles. The lowest BCUT2D eigenvalue weighted by atomic mass is 10.00. The molecule has 0 aromatic heterocycles. The molecule has 0 bridgehead atoms. The molecule has 184 valence electrons. The van der Waals surface area contributed by atoms with Crippen LogP contribution in [0.25, 0.3) is 6.08 Å². The van der Waals surface area contributed by atoms with Gasteiger partial charge in [0.1, 0.15) is 24.4 Å². The van der Waals surface area contributed by atoms with E-state index in [1.165, 1.54) is 6.08 Å². The second kappa shape index (κ2) is 13.0. The number of aliphatic hydroxyl groups excluding tert-OH is 5. The number of rotatable bonds is 9. The van der Waals surface area contributed by atoms with Crippen molar-refractivity contribution in [2.24, 2.45) is 0 Å². The number of hydrogen-bond acceptors (Lipinski definition) is 11. The first-order chi connectivity index (χ1) is 16.0. The van der Waals surface area contributed by atoms with Crippen molar-refractivity contribution in [2.45, 2.75) is 24.4 Å². The van der Waals surface area contributed by atoms with E-state index in [1.54, 1.807) is 30.3 Å². The second-order valence-electron chi connectivity index (χ2n) is 6.79. The summed E-state index contributed by atoms with van der Waals surface area (Å²) in [7, 11) is 0. The number of allylic oxidation sites excluding steroid dienone is 1. The maximum Gasteiger partial charge on any atom is 0.336 e. The van der Waals surface area contributed by atoms with Crippen LogP contribution in [0, 0.1) is 0 Å². The van der Waals surface area contributed by atoms with Crippen molar-refractivity contribution in [3.05, 3.63) is 59.2 Å². The van der Waals surface area contributed by atoms with Crippen LogP contribution in [0.2, 0.25) is 0 Å². The highest BCUT2D eigenvalue weighted by atomic mass is 16.4. The van der Waals surface area contributed by atoms with Crippen LogP contribution >= 0.6 is 0 Å². The minimum atomic E-state index is -1.79. The van der Waals surface area contributed by atoms with E-state index in [4.69, 9.17) is 30.6 Å². The van der Waals surface area contributed by atoms with Crippen molar-refractivity contribution in [3.63, 3.8) is 0 Å². The quantitative estimate of drug-likeness (QED) is 0.0911. The summed E-state index contributed by atoms with van der Waals surface area (Å²) >= 11 is 0. The first-order valence-corrected chi connectivity index (χ1v) is 9.53. The van der Waals surface area contributed by atoms with Crippen LogP contribution in [0.15, 0.2) is 42.5 Å². The smallest absolute Gasteiger partial charge is 0.336 e. The number of carbonyl (C=O) groups is 3. The fourth-order valence-corrected chi connectivity index (χ4v) is 2.50. The average Bonchev–Trinajstić information content (AvgIpc) is 2.84. The number of aromatic hydroxyl groups is 3. The van der Waals surface area contributed by atoms with Crippen molar-refractivity contribution >= 4 is 24.1 Å². The molecule has 12 nitrogen and oxygen atoms in total. The minimum Gasteiger partial charge on any atom is -0.504 e. The number of ketones is 1. The van der Waals surface area contributed by atoms with Crippen LogP contribution < -0.4 is 0 Å². The van der Waals surface area contributed by atoms with Gasteiger partial charge in [0, 0.05) is 0 Å². The van der Waals surface area contributed by atoms with Crippen molar-refractivity contribution in [1.29, 1.82) is 0 Å². The number of phenols is 3. The average molecular weight is 480 g/mol. The molecule has 2 rings (SSSR count). The Bertz CT molecular complexity index is 1020. The Morgan fingerprint density at radius 1 is 0.912 bits per heavy atom. The van der Waals surface area contributed by atoms with Gasteiger partial charge in [0.15, 0.2) is 23.6 Å². The molecule has 0 heterocycles. The Hall–Kier alpha value is -3.81. The lowest BCUT2D eigenvalue weighted by Crippen LogP contribution is -2.46. The van der Waals surface area contributed by atoms with Gasteiger partial charge in [0.25, 0.3) is 0 Å². The van der Waals surface area contributed by atoms with Gasteiger partial charge in [-0.15, -0.1) is 0 Å². The molecular formula is C22H24O12. The summed E-state index contributed by atoms with van der Waals surface area (Å²) in [5, 5.41) is 81.1. The monoisotopic (exact) mass is 480 g/mol. The third-order valence-electron chi connectivity index (χ3n) is 4.38. The summed E-state index contributed by atoms with van der Waals surface area (Å²) in [6, 6.07) is 9.49. The number of phenolic OH excluding ortho intramolecular Hbond substituents is 3. The normalized spacial score (nSPS) is 14.4. The van der Waals surface area contributed by atoms with Gasteiger partial charge in [-0.3, -0.25) is 4.79 Å². The van der Waals surface area contributed by atoms with Crippen LogP contribution in [-0.4, -0.2) is 95.0 Å². The van der Waals surface area contributed by atoms with E-state index >= 15 is 0 Å². The molecule has 0 spiro atoms. The van der Waals surface area contributed by atoms with Crippen LogP contribution in [0.1, 0.15) is 26.3 Å². The van der Waals surface area contributed by atoms with E-state index in [0.717, 1.165) is 6.08 Å². The van der Waals surface area contributed by atoms with E-state index in [1.807, 2.05) is 0 Å². The number of aromatic carboxylic acids is 1. The molecule has 0 aliphatic heterocycles. The highest BCUT2D eigenvalue weighted by Gasteiger charge is 2.29. The van der Waals surface area contributed by atoms with E-state index in [2.05, 4.69) is 0 Å². The van der Waals surface area contributed by atoms with Crippen molar-refractivity contribution in [2.75, 3.05) is 6.61 Å². The zero-order valence-corrected chi connectivity index (χ0v) is 17.5. The molecule has 4 atom stereocenters. The molecule has 2 aromatic carbocycles. The van der Waals surface area contributed by atoms with Crippen LogP contribution in [0.3, 0.4) is 0 Å². The highest BCUT2D eigenvalue weighted by molar-refractivity contribution is 6.15. The fourth-order valence-electron chi connectivity index (χ4n) is 2.50. The lowest BCUT2D eigenvalue weighted by molar-refractivity contribution is -0.136. The zero-order valence-electron chi connectivity index (χ0n) is 17.5. The topological polar surface area (TPSA) is 233 Å². The molecular weight excluding hydrogens is 456 g/mol. The Balaban J connectivity index is 0.000000411. The number of carboxylic acids is 1. The number of aliphatic hydroxyl groups is 5. The van der Waals surface area contributed by atoms with Gasteiger partial charge in [0.05, 0.1) is 17.7 Å². The van der Waals surface area contributed by atoms with Crippen LogP contribution in [0.5, 0.6) is 17.2 Å². The first-order valence-electron chi connectivity index (χ1n) is 9.53. The van der Waals surface area contributed by atoms with Gasteiger partial charge in [0.2, 0.25) is 5.75 Å². The Kier molecular flexibility index (Phi) is 10.8. The molecule has 0 saturated heterocycles. The van der Waals surface area contributed by atoms with Gasteiger partial charge in [-0.2, -0.15) is 0 Å². The maximum atomic E-state index is 12.1. The van der Waals surface area contributed by atoms with Crippen LogP contribution in [0.4, 0.5) is 0 Å². The molecule has 2 aromatic rings. The number of benzene rings is 2. The van der Waals surface area contributed by atoms with Crippen molar-refractivity contribution in [3.8, 4) is 17.2 Å². The largest absolute Gasteiger partial charge is 0.504 e. The summed E-state index contributed by atoms with van der Waals surface area (Å²) in [5.41, 5.74) is -0.485. The Morgan fingerprint density at radius 3 is 2.00 bits per heavy atom. The molecule has 0 amide bonds. The Labute approximate surface area is 192 Å². The second-order valence-corrected chi connectivity index (χ2v) is 6.79. The number of aldehydes is 1. The maximum absolute atomic E-state index is 12.1. The molecule has 4 unspecified atom stereocenters. The summed E-state index contributed by atoms with van der Waals surface area (Å²) in [4.78, 5) is 33.2. The molecule has 9 N–H and O–H groups in total. The number of carbonyl (C=O) groups excluding carboxylic acids is 2. The summed E-state index contributed by atoms with van der Waals surface area (Å²) in [5.74, 6) is -5.06. The van der Waals surface area contributed by atoms with Gasteiger partial charge in [-0.25, -0.2) is 4.79 Å². The molecule has 34 heavy (non-hydrogen) atoms. The molecule has 0 aliphatic carbocycles. The molecule has 12 heteroatoms. The molecule has 0 fully saturated rings. The Morgan fingerprint density at radius 2 is 1.50 bits per heavy atom. The third kappa shape index (κ3) is 7.37. The summed E-state index contributed by atoms with van der Waals surface area (Å²) in [6.07, 6.45) is -4.32. The van der Waals surface area contributed by atoms with Gasteiger partial charge in [-0.1, -0.05) is 36.4 Å². The summed E-state index contributed by atoms with van der Waals surface area (Å²) in [6.45, 7) is -0.760. The van der Waals surface area contributed by atoms with Crippen LogP contribution in [-0.2, 0) is 4.79 Å². The standard InChI is InChI=1S/C16H12O6.C6H12O6/c17-11(7-6-9-4-2-1-3-5-9)13-10(16(21)22)8-12(18)14(19)15(13)20;7-1-3(9)5(11)6(12)4(10)2-8/h1-8,18-20H,(H,21,22);1,3-6,8-12H,2H2. The minimum absolute atomic E-state index is 0.0258. The van der Waals surface area contributed by atoms with Gasteiger partial charge < -0.3 is 50.8 Å². The predicted octanol–water partition coefficient (Wildman–Crippen LogP) is -0.981. The van der Waals surface area contributed by atoms with Crippen molar-refractivity contribution in [1.82, 2.24) is 0 Å². The summed E-state index contributed by atoms with van der Waals surface area (Å²) < 4.78 is 0. The van der Waals surface area contributed by atoms with E-state index in [9.17, 15) is 29.7 Å². The van der Waals surface area contributed by atoms with Crippen molar-refractivity contribution < 1.29 is 60.3 Å². The number of hydrogen-bond donors (Lipinski definition) is 9. The zero-order chi connectivity index (χ0) is 26.0. The van der Waals surface area contributed by atoms with E-state index in [0.29, 0.717) is 11.6 Å². The third-order valence-corrected chi connectivity index (χ3v) is 4.38. The van der Waals surface area contributed by atoms with E-state index < -0.39 is 71.2 Å². The SMILES string of the molecule is O=C(O)c1cc(O)c(O)c(O)c1C(=O)C=Cc1ccccc1.O=CC(O)C(O)C(O)C(O)CO. The molecule has 0 radical (unpaired) electrons. The fraction of sp³-hybridized carbons (Fsp3) is 0.227. The predicted molar refractivity (Wildman–Crippen MR) is 115 cm³/mol. The molecule has 0 aliphatic rings. The number of carboxylic acid groups (broad SMARTS) is 1. The van der Waals surface area contributed by atoms with Gasteiger partial charge in [-0.05, 0) is 17.7 Å².